The van der Waals surface area contributed by atoms with E-state index in [9.17, 15) is 9.90 Å². The maximum Gasteiger partial charge on any atom is 0.269 e. The zero-order valence-corrected chi connectivity index (χ0v) is 11.7. The zero-order valence-electron chi connectivity index (χ0n) is 10.9. The SMILES string of the molecule is O=C(NCC1(CO)CC1)c1ccc2ccc(Cl)cc2n1. The van der Waals surface area contributed by atoms with Crippen LogP contribution in [0.15, 0.2) is 30.3 Å². The first-order valence-electron chi connectivity index (χ1n) is 6.57. The fourth-order valence-electron chi connectivity index (χ4n) is 2.14. The highest BCUT2D eigenvalue weighted by atomic mass is 35.5. The highest BCUT2D eigenvalue weighted by Gasteiger charge is 2.42. The Bertz CT molecular complexity index is 668. The fraction of sp³-hybridized carbons (Fsp3) is 0.333. The van der Waals surface area contributed by atoms with Gasteiger partial charge in [0.1, 0.15) is 5.69 Å². The minimum atomic E-state index is -0.216. The van der Waals surface area contributed by atoms with Crippen molar-refractivity contribution in [3.05, 3.63) is 41.0 Å². The number of benzene rings is 1. The molecule has 0 atom stereocenters. The van der Waals surface area contributed by atoms with Crippen LogP contribution in [0.25, 0.3) is 10.9 Å². The van der Waals surface area contributed by atoms with Crippen LogP contribution in [0.4, 0.5) is 0 Å². The van der Waals surface area contributed by atoms with E-state index in [-0.39, 0.29) is 17.9 Å². The van der Waals surface area contributed by atoms with Crippen molar-refractivity contribution in [1.29, 1.82) is 0 Å². The maximum atomic E-state index is 12.1. The van der Waals surface area contributed by atoms with Crippen molar-refractivity contribution in [1.82, 2.24) is 10.3 Å². The highest BCUT2D eigenvalue weighted by molar-refractivity contribution is 6.31. The third kappa shape index (κ3) is 2.62. The van der Waals surface area contributed by atoms with E-state index in [1.54, 1.807) is 18.2 Å². The smallest absolute Gasteiger partial charge is 0.269 e. The third-order valence-electron chi connectivity index (χ3n) is 3.80. The van der Waals surface area contributed by atoms with Gasteiger partial charge in [0.15, 0.2) is 0 Å². The van der Waals surface area contributed by atoms with Crippen molar-refractivity contribution in [2.45, 2.75) is 12.8 Å². The number of pyridine rings is 1. The molecule has 5 heteroatoms. The van der Waals surface area contributed by atoms with Crippen molar-refractivity contribution in [3.63, 3.8) is 0 Å². The molecule has 4 nitrogen and oxygen atoms in total. The van der Waals surface area contributed by atoms with E-state index in [0.717, 1.165) is 18.2 Å². The number of rotatable bonds is 4. The topological polar surface area (TPSA) is 62.2 Å². The lowest BCUT2D eigenvalue weighted by molar-refractivity contribution is 0.0930. The first kappa shape index (κ1) is 13.3. The first-order chi connectivity index (χ1) is 9.62. The van der Waals surface area contributed by atoms with Gasteiger partial charge in [-0.3, -0.25) is 4.79 Å². The monoisotopic (exact) mass is 290 g/mol. The average molecular weight is 291 g/mol. The quantitative estimate of drug-likeness (QED) is 0.909. The molecular weight excluding hydrogens is 276 g/mol. The van der Waals surface area contributed by atoms with E-state index in [4.69, 9.17) is 11.6 Å². The Hall–Kier alpha value is -1.65. The Morgan fingerprint density at radius 2 is 2.10 bits per heavy atom. The van der Waals surface area contributed by atoms with E-state index in [1.165, 1.54) is 0 Å². The molecule has 0 bridgehead atoms. The van der Waals surface area contributed by atoms with Crippen LogP contribution in [-0.2, 0) is 0 Å². The van der Waals surface area contributed by atoms with E-state index in [1.807, 2.05) is 12.1 Å². The van der Waals surface area contributed by atoms with Gasteiger partial charge < -0.3 is 10.4 Å². The van der Waals surface area contributed by atoms with Crippen LogP contribution in [0.1, 0.15) is 23.3 Å². The van der Waals surface area contributed by atoms with Gasteiger partial charge >= 0.3 is 0 Å². The van der Waals surface area contributed by atoms with Gasteiger partial charge in [0.2, 0.25) is 0 Å². The molecule has 0 radical (unpaired) electrons. The van der Waals surface area contributed by atoms with Gasteiger partial charge in [-0.05, 0) is 31.0 Å². The Morgan fingerprint density at radius 3 is 2.80 bits per heavy atom. The molecule has 1 aliphatic rings. The molecule has 2 aromatic rings. The number of aromatic nitrogens is 1. The molecule has 0 saturated heterocycles. The van der Waals surface area contributed by atoms with Gasteiger partial charge in [0.25, 0.3) is 5.91 Å². The molecule has 0 unspecified atom stereocenters. The molecular formula is C15H15ClN2O2. The Balaban J connectivity index is 1.77. The summed E-state index contributed by atoms with van der Waals surface area (Å²) >= 11 is 5.93. The molecule has 1 aromatic heterocycles. The molecule has 0 aliphatic heterocycles. The number of fused-ring (bicyclic) bond motifs is 1. The zero-order chi connectivity index (χ0) is 14.2. The molecule has 1 fully saturated rings. The molecule has 20 heavy (non-hydrogen) atoms. The minimum absolute atomic E-state index is 0.101. The second-order valence-electron chi connectivity index (χ2n) is 5.37. The molecule has 1 amide bonds. The average Bonchev–Trinajstić information content (AvgIpc) is 3.24. The number of carbonyl (C=O) groups is 1. The van der Waals surface area contributed by atoms with Gasteiger partial charge in [-0.1, -0.05) is 23.7 Å². The lowest BCUT2D eigenvalue weighted by Crippen LogP contribution is -2.32. The lowest BCUT2D eigenvalue weighted by Gasteiger charge is -2.12. The molecule has 1 saturated carbocycles. The second kappa shape index (κ2) is 5.04. The summed E-state index contributed by atoms with van der Waals surface area (Å²) in [7, 11) is 0. The van der Waals surface area contributed by atoms with Crippen LogP contribution in [-0.4, -0.2) is 29.1 Å². The number of nitrogens with zero attached hydrogens (tertiary/aromatic N) is 1. The molecule has 3 rings (SSSR count). The summed E-state index contributed by atoms with van der Waals surface area (Å²) in [4.78, 5) is 16.4. The standard InChI is InChI=1S/C15H15ClN2O2/c16-11-3-1-10-2-4-12(18-13(10)7-11)14(20)17-8-15(9-19)5-6-15/h1-4,7,19H,5-6,8-9H2,(H,17,20). The predicted octanol–water partition coefficient (Wildman–Crippen LogP) is 2.39. The summed E-state index contributed by atoms with van der Waals surface area (Å²) in [6.45, 7) is 0.617. The lowest BCUT2D eigenvalue weighted by atomic mass is 10.1. The van der Waals surface area contributed by atoms with Gasteiger partial charge in [-0.2, -0.15) is 0 Å². The Labute approximate surface area is 121 Å². The van der Waals surface area contributed by atoms with Crippen LogP contribution in [0.5, 0.6) is 0 Å². The van der Waals surface area contributed by atoms with Crippen molar-refractivity contribution in [2.24, 2.45) is 5.41 Å². The fourth-order valence-corrected chi connectivity index (χ4v) is 2.31. The van der Waals surface area contributed by atoms with Crippen molar-refractivity contribution >= 4 is 28.4 Å². The number of hydrogen-bond donors (Lipinski definition) is 2. The second-order valence-corrected chi connectivity index (χ2v) is 5.81. The Morgan fingerprint density at radius 1 is 1.35 bits per heavy atom. The number of aliphatic hydroxyl groups is 1. The summed E-state index contributed by atoms with van der Waals surface area (Å²) < 4.78 is 0. The van der Waals surface area contributed by atoms with Crippen molar-refractivity contribution in [2.75, 3.05) is 13.2 Å². The minimum Gasteiger partial charge on any atom is -0.396 e. The molecule has 1 aliphatic carbocycles. The van der Waals surface area contributed by atoms with Gasteiger partial charge in [-0.25, -0.2) is 4.98 Å². The summed E-state index contributed by atoms with van der Waals surface area (Å²) in [5.41, 5.74) is 0.970. The first-order valence-corrected chi connectivity index (χ1v) is 6.95. The van der Waals surface area contributed by atoms with E-state index >= 15 is 0 Å². The third-order valence-corrected chi connectivity index (χ3v) is 4.04. The maximum absolute atomic E-state index is 12.1. The molecule has 1 aromatic carbocycles. The molecule has 1 heterocycles. The summed E-state index contributed by atoms with van der Waals surface area (Å²) in [5, 5.41) is 13.6. The number of amides is 1. The number of aliphatic hydroxyl groups excluding tert-OH is 1. The van der Waals surface area contributed by atoms with E-state index < -0.39 is 0 Å². The summed E-state index contributed by atoms with van der Waals surface area (Å²) in [6, 6.07) is 8.96. The van der Waals surface area contributed by atoms with Crippen LogP contribution in [0, 0.1) is 5.41 Å². The largest absolute Gasteiger partial charge is 0.396 e. The highest BCUT2D eigenvalue weighted by Crippen LogP contribution is 2.44. The summed E-state index contributed by atoms with van der Waals surface area (Å²) in [6.07, 6.45) is 1.93. The van der Waals surface area contributed by atoms with Crippen LogP contribution < -0.4 is 5.32 Å². The number of hydrogen-bond acceptors (Lipinski definition) is 3. The number of carbonyl (C=O) groups excluding carboxylic acids is 1. The Kier molecular flexibility index (Phi) is 3.36. The van der Waals surface area contributed by atoms with Crippen LogP contribution in [0.2, 0.25) is 5.02 Å². The molecule has 0 spiro atoms. The summed E-state index contributed by atoms with van der Waals surface area (Å²) in [5.74, 6) is -0.216. The van der Waals surface area contributed by atoms with Gasteiger partial charge in [-0.15, -0.1) is 0 Å². The van der Waals surface area contributed by atoms with Gasteiger partial charge in [0, 0.05) is 22.4 Å². The van der Waals surface area contributed by atoms with E-state index in [0.29, 0.717) is 22.8 Å². The molecule has 104 valence electrons. The van der Waals surface area contributed by atoms with Crippen LogP contribution >= 0.6 is 11.6 Å². The number of nitrogens with one attached hydrogen (secondary N) is 1. The van der Waals surface area contributed by atoms with Crippen molar-refractivity contribution in [3.8, 4) is 0 Å². The normalized spacial score (nSPS) is 16.1. The predicted molar refractivity (Wildman–Crippen MR) is 77.8 cm³/mol. The van der Waals surface area contributed by atoms with E-state index in [2.05, 4.69) is 10.3 Å². The van der Waals surface area contributed by atoms with Crippen molar-refractivity contribution < 1.29 is 9.90 Å². The van der Waals surface area contributed by atoms with Crippen LogP contribution in [0.3, 0.4) is 0 Å². The molecule has 2 N–H and O–H groups in total. The number of halogens is 1. The van der Waals surface area contributed by atoms with Gasteiger partial charge in [0.05, 0.1) is 12.1 Å².